The number of aryl methyl sites for hydroxylation is 1. The van der Waals surface area contributed by atoms with Crippen molar-refractivity contribution in [3.8, 4) is 11.5 Å². The van der Waals surface area contributed by atoms with Crippen LogP contribution in [0, 0.1) is 6.92 Å². The molecule has 8 nitrogen and oxygen atoms in total. The Morgan fingerprint density at radius 3 is 2.69 bits per heavy atom. The first kappa shape index (κ1) is 25.6. The van der Waals surface area contributed by atoms with Crippen molar-refractivity contribution in [3.05, 3.63) is 70.4 Å². The lowest BCUT2D eigenvalue weighted by molar-refractivity contribution is -0.139. The summed E-state index contributed by atoms with van der Waals surface area (Å²) in [5.41, 5.74) is 4.25. The third-order valence-electron chi connectivity index (χ3n) is 5.74. The Morgan fingerprint density at radius 2 is 1.97 bits per heavy atom. The number of hydrogen-bond donors (Lipinski definition) is 1. The minimum Gasteiger partial charge on any atom is -0.493 e. The van der Waals surface area contributed by atoms with Gasteiger partial charge in [-0.15, -0.1) is 5.10 Å². The summed E-state index contributed by atoms with van der Waals surface area (Å²) in [5.74, 6) is 2.24. The predicted molar refractivity (Wildman–Crippen MR) is 141 cm³/mol. The molecule has 1 unspecified atom stereocenters. The largest absolute Gasteiger partial charge is 0.493 e. The van der Waals surface area contributed by atoms with Gasteiger partial charge in [0.05, 0.1) is 19.3 Å². The lowest BCUT2D eigenvalue weighted by Gasteiger charge is -2.28. The zero-order valence-corrected chi connectivity index (χ0v) is 22.1. The Balaban J connectivity index is 1.71. The predicted octanol–water partition coefficient (Wildman–Crippen LogP) is 5.53. The van der Waals surface area contributed by atoms with Gasteiger partial charge in [0.2, 0.25) is 11.1 Å². The summed E-state index contributed by atoms with van der Waals surface area (Å²) < 4.78 is 19.1. The highest BCUT2D eigenvalue weighted by molar-refractivity contribution is 7.99. The van der Waals surface area contributed by atoms with Crippen LogP contribution < -0.4 is 14.8 Å². The Labute approximate surface area is 216 Å². The van der Waals surface area contributed by atoms with Gasteiger partial charge < -0.3 is 19.5 Å². The van der Waals surface area contributed by atoms with Gasteiger partial charge in [0.1, 0.15) is 12.6 Å². The molecule has 36 heavy (non-hydrogen) atoms. The van der Waals surface area contributed by atoms with Crippen molar-refractivity contribution in [1.29, 1.82) is 0 Å². The Bertz CT molecular complexity index is 1270. The normalized spacial score (nSPS) is 14.8. The Hall–Kier alpha value is -3.46. The van der Waals surface area contributed by atoms with Crippen LogP contribution in [-0.4, -0.2) is 40.2 Å². The van der Waals surface area contributed by atoms with E-state index in [1.807, 2.05) is 51.1 Å². The molecule has 3 aromatic rings. The number of rotatable bonds is 10. The molecule has 1 atom stereocenters. The quantitative estimate of drug-likeness (QED) is 0.283. The van der Waals surface area contributed by atoms with Crippen LogP contribution in [0.2, 0.25) is 0 Å². The van der Waals surface area contributed by atoms with E-state index in [9.17, 15) is 4.79 Å². The number of hydrogen-bond acceptors (Lipinski definition) is 8. The average molecular weight is 509 g/mol. The molecule has 0 spiro atoms. The molecule has 1 aromatic heterocycles. The highest BCUT2D eigenvalue weighted by Gasteiger charge is 2.35. The molecule has 1 aliphatic heterocycles. The van der Waals surface area contributed by atoms with Gasteiger partial charge in [-0.25, -0.2) is 9.48 Å². The van der Waals surface area contributed by atoms with Gasteiger partial charge >= 0.3 is 5.97 Å². The van der Waals surface area contributed by atoms with Gasteiger partial charge in [-0.3, -0.25) is 0 Å². The average Bonchev–Trinajstić information content (AvgIpc) is 3.27. The van der Waals surface area contributed by atoms with E-state index in [2.05, 4.69) is 29.4 Å². The Morgan fingerprint density at radius 1 is 1.14 bits per heavy atom. The highest BCUT2D eigenvalue weighted by Crippen LogP contribution is 2.40. The number of fused-ring (bicyclic) bond motifs is 1. The van der Waals surface area contributed by atoms with Crippen molar-refractivity contribution >= 4 is 23.7 Å². The van der Waals surface area contributed by atoms with Crippen molar-refractivity contribution < 1.29 is 19.0 Å². The number of nitrogens with zero attached hydrogens (tertiary/aromatic N) is 3. The lowest BCUT2D eigenvalue weighted by atomic mass is 9.95. The van der Waals surface area contributed by atoms with Gasteiger partial charge in [-0.1, -0.05) is 61.5 Å². The molecule has 0 bridgehead atoms. The summed E-state index contributed by atoms with van der Waals surface area (Å²) in [6.45, 7) is 8.69. The molecule has 0 saturated heterocycles. The number of carbonyl (C=O) groups is 1. The standard InChI is InChI=1S/C27H32N4O4S/c1-6-13-34-25(32)23-18(4)28-26-29-27(36-7-2)30-31(26)24(23)20-11-12-21(22(15-20)33-5)35-16-19-10-8-9-17(3)14-19/h8-12,14-15,24H,6-7,13,16H2,1-5H3,(H,28,29,30). The fourth-order valence-corrected chi connectivity index (χ4v) is 4.66. The second-order valence-corrected chi connectivity index (χ2v) is 9.72. The fraction of sp³-hybridized carbons (Fsp3) is 0.370. The molecule has 0 aliphatic carbocycles. The first-order valence-electron chi connectivity index (χ1n) is 12.1. The molecule has 9 heteroatoms. The summed E-state index contributed by atoms with van der Waals surface area (Å²) in [6.07, 6.45) is 0.739. The van der Waals surface area contributed by atoms with E-state index < -0.39 is 6.04 Å². The van der Waals surface area contributed by atoms with Crippen molar-refractivity contribution in [1.82, 2.24) is 14.8 Å². The van der Waals surface area contributed by atoms with Crippen LogP contribution in [0.1, 0.15) is 49.9 Å². The van der Waals surface area contributed by atoms with Crippen molar-refractivity contribution in [2.75, 3.05) is 24.8 Å². The first-order valence-corrected chi connectivity index (χ1v) is 13.0. The number of aromatic nitrogens is 3. The first-order chi connectivity index (χ1) is 17.4. The number of ether oxygens (including phenoxy) is 3. The number of nitrogens with one attached hydrogen (secondary N) is 1. The number of carbonyl (C=O) groups excluding carboxylic acids is 1. The summed E-state index contributed by atoms with van der Waals surface area (Å²) >= 11 is 1.54. The summed E-state index contributed by atoms with van der Waals surface area (Å²) in [7, 11) is 1.61. The number of thioether (sulfide) groups is 1. The molecule has 4 rings (SSSR count). The van der Waals surface area contributed by atoms with Crippen LogP contribution in [0.25, 0.3) is 0 Å². The topological polar surface area (TPSA) is 87.5 Å². The molecule has 1 aliphatic rings. The SMILES string of the molecule is CCCOC(=O)C1=C(C)Nc2nc(SCC)nn2C1c1ccc(OCc2cccc(C)c2)c(OC)c1. The van der Waals surface area contributed by atoms with Crippen molar-refractivity contribution in [2.45, 2.75) is 51.9 Å². The van der Waals surface area contributed by atoms with E-state index in [0.29, 0.717) is 47.1 Å². The highest BCUT2D eigenvalue weighted by atomic mass is 32.2. The summed E-state index contributed by atoms with van der Waals surface area (Å²) in [5, 5.41) is 8.57. The van der Waals surface area contributed by atoms with Crippen LogP contribution >= 0.6 is 11.8 Å². The van der Waals surface area contributed by atoms with Crippen LogP contribution in [0.3, 0.4) is 0 Å². The maximum Gasteiger partial charge on any atom is 0.338 e. The molecule has 1 N–H and O–H groups in total. The molecule has 0 fully saturated rings. The molecule has 0 saturated carbocycles. The van der Waals surface area contributed by atoms with E-state index in [-0.39, 0.29) is 5.97 Å². The van der Waals surface area contributed by atoms with Gasteiger partial charge in [0.15, 0.2) is 11.5 Å². The molecule has 2 heterocycles. The Kier molecular flexibility index (Phi) is 8.20. The number of anilines is 1. The van der Waals surface area contributed by atoms with Crippen molar-refractivity contribution in [3.63, 3.8) is 0 Å². The van der Waals surface area contributed by atoms with Crippen LogP contribution in [-0.2, 0) is 16.1 Å². The molecular formula is C27H32N4O4S. The number of methoxy groups -OCH3 is 1. The van der Waals surface area contributed by atoms with Crippen molar-refractivity contribution in [2.24, 2.45) is 0 Å². The van der Waals surface area contributed by atoms with E-state index in [1.165, 1.54) is 5.56 Å². The minimum atomic E-state index is -0.524. The smallest absolute Gasteiger partial charge is 0.338 e. The maximum atomic E-state index is 13.2. The molecule has 190 valence electrons. The second kappa shape index (κ2) is 11.5. The van der Waals surface area contributed by atoms with E-state index in [1.54, 1.807) is 23.6 Å². The summed E-state index contributed by atoms with van der Waals surface area (Å²) in [4.78, 5) is 17.8. The zero-order chi connectivity index (χ0) is 25.7. The maximum absolute atomic E-state index is 13.2. The molecule has 0 radical (unpaired) electrons. The lowest BCUT2D eigenvalue weighted by Crippen LogP contribution is -2.29. The van der Waals surface area contributed by atoms with Gasteiger partial charge in [-0.05, 0) is 49.3 Å². The summed E-state index contributed by atoms with van der Waals surface area (Å²) in [6, 6.07) is 13.4. The third-order valence-corrected chi connectivity index (χ3v) is 6.46. The van der Waals surface area contributed by atoms with E-state index in [0.717, 1.165) is 23.3 Å². The van der Waals surface area contributed by atoms with Gasteiger partial charge in [0, 0.05) is 5.70 Å². The second-order valence-electron chi connectivity index (χ2n) is 8.49. The number of benzene rings is 2. The van der Waals surface area contributed by atoms with Crippen LogP contribution in [0.15, 0.2) is 58.9 Å². The molecule has 0 amide bonds. The monoisotopic (exact) mass is 508 g/mol. The fourth-order valence-electron chi connectivity index (χ4n) is 4.10. The van der Waals surface area contributed by atoms with Crippen LogP contribution in [0.5, 0.6) is 11.5 Å². The van der Waals surface area contributed by atoms with E-state index in [4.69, 9.17) is 19.3 Å². The van der Waals surface area contributed by atoms with E-state index >= 15 is 0 Å². The van der Waals surface area contributed by atoms with Gasteiger partial charge in [0.25, 0.3) is 0 Å². The number of allylic oxidation sites excluding steroid dienone is 1. The van der Waals surface area contributed by atoms with Crippen LogP contribution in [0.4, 0.5) is 5.95 Å². The van der Waals surface area contributed by atoms with Gasteiger partial charge in [-0.2, -0.15) is 4.98 Å². The number of esters is 1. The minimum absolute atomic E-state index is 0.346. The zero-order valence-electron chi connectivity index (χ0n) is 21.3. The molecular weight excluding hydrogens is 476 g/mol. The molecule has 2 aromatic carbocycles. The third kappa shape index (κ3) is 5.51.